The first kappa shape index (κ1) is 20.7. The molecule has 0 unspecified atom stereocenters. The predicted octanol–water partition coefficient (Wildman–Crippen LogP) is 2.38. The molecule has 8 nitrogen and oxygen atoms in total. The second-order valence-electron chi connectivity index (χ2n) is 8.43. The zero-order valence-corrected chi connectivity index (χ0v) is 18.3. The zero-order chi connectivity index (χ0) is 22.3. The van der Waals surface area contributed by atoms with Crippen LogP contribution in [-0.4, -0.2) is 50.1 Å². The molecule has 0 spiro atoms. The number of piperidine rings is 1. The molecule has 2 fully saturated rings. The number of para-hydroxylation sites is 1. The fourth-order valence-electron chi connectivity index (χ4n) is 4.19. The molecule has 2 N–H and O–H groups in total. The van der Waals surface area contributed by atoms with Crippen LogP contribution in [0.1, 0.15) is 41.6 Å². The smallest absolute Gasteiger partial charge is 0.285 e. The zero-order valence-electron chi connectivity index (χ0n) is 17.5. The molecule has 0 atom stereocenters. The molecule has 3 aliphatic rings. The first-order valence-corrected chi connectivity index (χ1v) is 12.3. The minimum atomic E-state index is -3.66. The molecule has 0 aromatic heterocycles. The number of carbonyl (C=O) groups is 2. The Kier molecular flexibility index (Phi) is 5.21. The maximum absolute atomic E-state index is 12.9. The molecule has 2 aliphatic heterocycles. The summed E-state index contributed by atoms with van der Waals surface area (Å²) >= 11 is 0. The molecule has 9 heteroatoms. The molecule has 32 heavy (non-hydrogen) atoms. The van der Waals surface area contributed by atoms with Crippen LogP contribution in [0.15, 0.2) is 57.8 Å². The van der Waals surface area contributed by atoms with Gasteiger partial charge in [-0.1, -0.05) is 24.3 Å². The number of rotatable bonds is 4. The van der Waals surface area contributed by atoms with E-state index in [0.29, 0.717) is 48.6 Å². The van der Waals surface area contributed by atoms with Gasteiger partial charge in [-0.2, -0.15) is 8.42 Å². The van der Waals surface area contributed by atoms with Crippen LogP contribution in [0.4, 0.5) is 5.69 Å². The van der Waals surface area contributed by atoms with Crippen molar-refractivity contribution in [1.82, 2.24) is 10.2 Å². The average Bonchev–Trinajstić information content (AvgIpc) is 3.57. The Hall–Kier alpha value is -3.20. The minimum Gasteiger partial charge on any atom is -0.355 e. The highest BCUT2D eigenvalue weighted by Gasteiger charge is 2.34. The number of fused-ring (bicyclic) bond motifs is 1. The van der Waals surface area contributed by atoms with Crippen LogP contribution in [0.3, 0.4) is 0 Å². The Morgan fingerprint density at radius 1 is 0.938 bits per heavy atom. The van der Waals surface area contributed by atoms with Gasteiger partial charge >= 0.3 is 0 Å². The van der Waals surface area contributed by atoms with Crippen LogP contribution in [0.25, 0.3) is 0 Å². The van der Waals surface area contributed by atoms with E-state index in [-0.39, 0.29) is 28.7 Å². The summed E-state index contributed by atoms with van der Waals surface area (Å²) in [6.45, 7) is 1.06. The quantitative estimate of drug-likeness (QED) is 0.741. The summed E-state index contributed by atoms with van der Waals surface area (Å²) in [5.74, 6) is -0.0590. The van der Waals surface area contributed by atoms with Crippen LogP contribution in [-0.2, 0) is 14.8 Å². The largest absolute Gasteiger partial charge is 0.355 e. The van der Waals surface area contributed by atoms with Crippen molar-refractivity contribution in [2.24, 2.45) is 10.3 Å². The van der Waals surface area contributed by atoms with Gasteiger partial charge in [0.05, 0.1) is 11.3 Å². The van der Waals surface area contributed by atoms with Crippen LogP contribution in [0.2, 0.25) is 0 Å². The highest BCUT2D eigenvalue weighted by molar-refractivity contribution is 7.90. The Balaban J connectivity index is 1.24. The Morgan fingerprint density at radius 3 is 2.38 bits per heavy atom. The summed E-state index contributed by atoms with van der Waals surface area (Å²) in [6.07, 6.45) is 3.14. The Labute approximate surface area is 186 Å². The van der Waals surface area contributed by atoms with E-state index in [1.807, 2.05) is 4.90 Å². The molecule has 5 rings (SSSR count). The topological polar surface area (TPSA) is 108 Å². The van der Waals surface area contributed by atoms with Crippen LogP contribution in [0.5, 0.6) is 0 Å². The lowest BCUT2D eigenvalue weighted by Crippen LogP contribution is -2.41. The van der Waals surface area contributed by atoms with E-state index in [4.69, 9.17) is 0 Å². The molecule has 166 valence electrons. The normalized spacial score (nSPS) is 19.8. The van der Waals surface area contributed by atoms with Crippen molar-refractivity contribution in [2.75, 3.05) is 18.4 Å². The monoisotopic (exact) mass is 452 g/mol. The molecular formula is C23H24N4O4S. The van der Waals surface area contributed by atoms with Gasteiger partial charge < -0.3 is 15.5 Å². The summed E-state index contributed by atoms with van der Waals surface area (Å²) in [5, 5.41) is 5.88. The van der Waals surface area contributed by atoms with Crippen molar-refractivity contribution >= 4 is 33.4 Å². The number of amides is 2. The van der Waals surface area contributed by atoms with E-state index >= 15 is 0 Å². The molecule has 1 aliphatic carbocycles. The first-order chi connectivity index (χ1) is 15.4. The van der Waals surface area contributed by atoms with Gasteiger partial charge in [-0.25, -0.2) is 0 Å². The second-order valence-corrected chi connectivity index (χ2v) is 10.0. The number of sulfonamides is 1. The lowest BCUT2D eigenvalue weighted by molar-refractivity contribution is -0.120. The summed E-state index contributed by atoms with van der Waals surface area (Å²) in [6, 6.07) is 14.1. The van der Waals surface area contributed by atoms with E-state index in [9.17, 15) is 18.0 Å². The number of hydrogen-bond acceptors (Lipinski definition) is 5. The van der Waals surface area contributed by atoms with Gasteiger partial charge in [0, 0.05) is 30.6 Å². The maximum Gasteiger partial charge on any atom is 0.285 e. The fourth-order valence-corrected chi connectivity index (χ4v) is 5.41. The van der Waals surface area contributed by atoms with Crippen molar-refractivity contribution in [3.8, 4) is 0 Å². The van der Waals surface area contributed by atoms with E-state index < -0.39 is 10.0 Å². The molecule has 2 heterocycles. The number of nitrogens with one attached hydrogen (secondary N) is 2. The molecule has 0 bridgehead atoms. The number of likely N-dealkylation sites (tertiary alicyclic amines) is 1. The van der Waals surface area contributed by atoms with E-state index in [2.05, 4.69) is 15.0 Å². The van der Waals surface area contributed by atoms with Crippen molar-refractivity contribution in [1.29, 1.82) is 0 Å². The number of hydrogen-bond donors (Lipinski definition) is 2. The van der Waals surface area contributed by atoms with Crippen LogP contribution < -0.4 is 10.6 Å². The molecule has 0 radical (unpaired) electrons. The summed E-state index contributed by atoms with van der Waals surface area (Å²) < 4.78 is 28.6. The third-order valence-corrected chi connectivity index (χ3v) is 7.45. The molecule has 2 aromatic rings. The third-order valence-electron chi connectivity index (χ3n) is 6.12. The lowest BCUT2D eigenvalue weighted by Gasteiger charge is -2.32. The lowest BCUT2D eigenvalue weighted by atomic mass is 9.95. The van der Waals surface area contributed by atoms with E-state index in [1.165, 1.54) is 0 Å². The highest BCUT2D eigenvalue weighted by atomic mass is 32.2. The molecule has 2 amide bonds. The third kappa shape index (κ3) is 4.00. The summed E-state index contributed by atoms with van der Waals surface area (Å²) in [7, 11) is -3.66. The molecule has 2 aromatic carbocycles. The van der Waals surface area contributed by atoms with Crippen molar-refractivity contribution in [3.63, 3.8) is 0 Å². The number of amidine groups is 1. The van der Waals surface area contributed by atoms with E-state index in [0.717, 1.165) is 12.8 Å². The second kappa shape index (κ2) is 8.05. The summed E-state index contributed by atoms with van der Waals surface area (Å²) in [5.41, 5.74) is 1.59. The van der Waals surface area contributed by atoms with Crippen LogP contribution in [0, 0.1) is 5.92 Å². The Bertz CT molecular complexity index is 1210. The van der Waals surface area contributed by atoms with Crippen LogP contribution >= 0.6 is 0 Å². The average molecular weight is 453 g/mol. The number of nitrogens with zero attached hydrogens (tertiary/aromatic N) is 2. The highest BCUT2D eigenvalue weighted by Crippen LogP contribution is 2.30. The van der Waals surface area contributed by atoms with Gasteiger partial charge in [-0.05, 0) is 49.9 Å². The SMILES string of the molecule is O=C(NC1CC1)c1ccccc1NC(=O)C1CCN(C2=NS(=O)(=O)c3ccccc32)CC1. The standard InChI is InChI=1S/C23H24N4O4S/c28-22(25-19-7-3-1-5-17(19)23(29)24-16-9-10-16)15-11-13-27(14-12-15)21-18-6-2-4-8-20(18)32(30,31)26-21/h1-8,15-16H,9-14H2,(H,24,29)(H,25,28). The predicted molar refractivity (Wildman–Crippen MR) is 120 cm³/mol. The van der Waals surface area contributed by atoms with Gasteiger partial charge in [-0.15, -0.1) is 4.40 Å². The number of anilines is 1. The molecule has 1 saturated carbocycles. The van der Waals surface area contributed by atoms with E-state index in [1.54, 1.807) is 48.5 Å². The maximum atomic E-state index is 12.9. The van der Waals surface area contributed by atoms with Crippen molar-refractivity contribution in [3.05, 3.63) is 59.7 Å². The van der Waals surface area contributed by atoms with Crippen molar-refractivity contribution in [2.45, 2.75) is 36.6 Å². The number of benzene rings is 2. The number of carbonyl (C=O) groups excluding carboxylic acids is 2. The molecule has 1 saturated heterocycles. The van der Waals surface area contributed by atoms with Gasteiger partial charge in [0.15, 0.2) is 5.84 Å². The van der Waals surface area contributed by atoms with Gasteiger partial charge in [0.1, 0.15) is 4.90 Å². The van der Waals surface area contributed by atoms with Gasteiger partial charge in [-0.3, -0.25) is 9.59 Å². The molecular weight excluding hydrogens is 428 g/mol. The first-order valence-electron chi connectivity index (χ1n) is 10.8. The van der Waals surface area contributed by atoms with Gasteiger partial charge in [0.2, 0.25) is 5.91 Å². The fraction of sp³-hybridized carbons (Fsp3) is 0.348. The minimum absolute atomic E-state index is 0.127. The van der Waals surface area contributed by atoms with Crippen molar-refractivity contribution < 1.29 is 18.0 Å². The Morgan fingerprint density at radius 2 is 1.62 bits per heavy atom. The van der Waals surface area contributed by atoms with Gasteiger partial charge in [0.25, 0.3) is 15.9 Å². The summed E-state index contributed by atoms with van der Waals surface area (Å²) in [4.78, 5) is 27.6.